The van der Waals surface area contributed by atoms with Crippen molar-refractivity contribution in [1.29, 1.82) is 0 Å². The summed E-state index contributed by atoms with van der Waals surface area (Å²) in [5.74, 6) is 1.65. The van der Waals surface area contributed by atoms with Crippen molar-refractivity contribution in [3.63, 3.8) is 0 Å². The van der Waals surface area contributed by atoms with Crippen molar-refractivity contribution in [3.05, 3.63) is 59.1 Å². The number of rotatable bonds is 9. The Labute approximate surface area is 176 Å². The first-order valence-corrected chi connectivity index (χ1v) is 10.1. The summed E-state index contributed by atoms with van der Waals surface area (Å²) in [4.78, 5) is 16.5. The number of para-hydroxylation sites is 1. The van der Waals surface area contributed by atoms with Crippen LogP contribution in [0.15, 0.2) is 48.5 Å². The molecule has 0 atom stereocenters. The van der Waals surface area contributed by atoms with Gasteiger partial charge in [0.15, 0.2) is 0 Å². The normalized spacial score (nSPS) is 14.6. The molecule has 1 aliphatic rings. The van der Waals surface area contributed by atoms with Gasteiger partial charge in [-0.1, -0.05) is 29.8 Å². The van der Waals surface area contributed by atoms with Crippen LogP contribution >= 0.6 is 11.6 Å². The number of carbonyl (C=O) groups is 1. The minimum absolute atomic E-state index is 0.0182. The molecule has 156 valence electrons. The molecule has 6 nitrogen and oxygen atoms in total. The molecule has 0 aromatic heterocycles. The Bertz CT molecular complexity index is 780. The zero-order valence-electron chi connectivity index (χ0n) is 16.7. The van der Waals surface area contributed by atoms with Crippen LogP contribution in [0.25, 0.3) is 0 Å². The molecule has 1 fully saturated rings. The quantitative estimate of drug-likeness (QED) is 0.586. The van der Waals surface area contributed by atoms with E-state index in [1.165, 1.54) is 0 Å². The van der Waals surface area contributed by atoms with Crippen LogP contribution < -0.4 is 9.47 Å². The highest BCUT2D eigenvalue weighted by molar-refractivity contribution is 6.30. The van der Waals surface area contributed by atoms with Gasteiger partial charge in [0, 0.05) is 43.3 Å². The van der Waals surface area contributed by atoms with E-state index >= 15 is 0 Å². The number of carbonyl (C=O) groups excluding carboxylic acids is 1. The maximum Gasteiger partial charge on any atom is 0.248 e. The van der Waals surface area contributed by atoms with Gasteiger partial charge in [0.2, 0.25) is 5.91 Å². The summed E-state index contributed by atoms with van der Waals surface area (Å²) >= 11 is 6.11. The van der Waals surface area contributed by atoms with Crippen LogP contribution in [0.3, 0.4) is 0 Å². The molecule has 1 amide bonds. The Morgan fingerprint density at radius 3 is 2.52 bits per heavy atom. The largest absolute Gasteiger partial charge is 0.496 e. The van der Waals surface area contributed by atoms with E-state index in [0.717, 1.165) is 36.7 Å². The van der Waals surface area contributed by atoms with Gasteiger partial charge < -0.3 is 19.1 Å². The van der Waals surface area contributed by atoms with Gasteiger partial charge in [-0.2, -0.15) is 0 Å². The molecule has 0 N–H and O–H groups in total. The molecule has 7 heteroatoms. The first-order valence-electron chi connectivity index (χ1n) is 9.74. The lowest BCUT2D eigenvalue weighted by Gasteiger charge is -2.35. The summed E-state index contributed by atoms with van der Waals surface area (Å²) in [6.07, 6.45) is 0. The van der Waals surface area contributed by atoms with Gasteiger partial charge in [0.25, 0.3) is 0 Å². The average molecular weight is 419 g/mol. The van der Waals surface area contributed by atoms with Crippen LogP contribution in [0, 0.1) is 0 Å². The Hall–Kier alpha value is -2.28. The van der Waals surface area contributed by atoms with Crippen molar-refractivity contribution in [2.45, 2.75) is 6.54 Å². The molecule has 0 radical (unpaired) electrons. The number of hydrogen-bond donors (Lipinski definition) is 0. The highest BCUT2D eigenvalue weighted by Gasteiger charge is 2.22. The van der Waals surface area contributed by atoms with Crippen molar-refractivity contribution < 1.29 is 19.0 Å². The molecule has 3 rings (SSSR count). The van der Waals surface area contributed by atoms with Crippen LogP contribution in [-0.4, -0.2) is 68.8 Å². The van der Waals surface area contributed by atoms with Crippen LogP contribution in [0.5, 0.6) is 11.5 Å². The molecule has 1 saturated heterocycles. The van der Waals surface area contributed by atoms with Gasteiger partial charge in [-0.25, -0.2) is 0 Å². The van der Waals surface area contributed by atoms with Crippen molar-refractivity contribution >= 4 is 17.5 Å². The molecule has 0 aliphatic carbocycles. The highest BCUT2D eigenvalue weighted by atomic mass is 35.5. The molecule has 29 heavy (non-hydrogen) atoms. The molecule has 1 aliphatic heterocycles. The van der Waals surface area contributed by atoms with Gasteiger partial charge in [0.05, 0.1) is 13.7 Å². The van der Waals surface area contributed by atoms with E-state index in [4.69, 9.17) is 25.8 Å². The molecule has 0 spiro atoms. The standard InChI is InChI=1S/C22H27ClN2O4/c1-27-21-8-7-19(23)15-18(21)16-24-9-11-25(12-10-24)22(26)17-28-13-14-29-20-5-3-2-4-6-20/h2-8,15H,9-14,16-17H2,1H3. The summed E-state index contributed by atoms with van der Waals surface area (Å²) in [7, 11) is 1.66. The lowest BCUT2D eigenvalue weighted by Crippen LogP contribution is -2.49. The van der Waals surface area contributed by atoms with Gasteiger partial charge in [0.1, 0.15) is 24.7 Å². The van der Waals surface area contributed by atoms with E-state index in [-0.39, 0.29) is 12.5 Å². The third kappa shape index (κ3) is 6.63. The third-order valence-electron chi connectivity index (χ3n) is 4.83. The number of hydrogen-bond acceptors (Lipinski definition) is 5. The predicted octanol–water partition coefficient (Wildman–Crippen LogP) is 3.09. The second kappa shape index (κ2) is 11.0. The molecule has 0 bridgehead atoms. The number of amides is 1. The van der Waals surface area contributed by atoms with Gasteiger partial charge in [-0.15, -0.1) is 0 Å². The zero-order chi connectivity index (χ0) is 20.5. The van der Waals surface area contributed by atoms with Crippen molar-refractivity contribution in [2.75, 3.05) is 53.1 Å². The first-order chi connectivity index (χ1) is 14.2. The second-order valence-corrected chi connectivity index (χ2v) is 7.26. The lowest BCUT2D eigenvalue weighted by atomic mass is 10.1. The molecule has 1 heterocycles. The van der Waals surface area contributed by atoms with E-state index in [2.05, 4.69) is 4.90 Å². The topological polar surface area (TPSA) is 51.2 Å². The number of methoxy groups -OCH3 is 1. The third-order valence-corrected chi connectivity index (χ3v) is 5.06. The second-order valence-electron chi connectivity index (χ2n) is 6.83. The molecule has 0 unspecified atom stereocenters. The van der Waals surface area contributed by atoms with Gasteiger partial charge >= 0.3 is 0 Å². The summed E-state index contributed by atoms with van der Waals surface area (Å²) in [6, 6.07) is 15.2. The van der Waals surface area contributed by atoms with Gasteiger partial charge in [-0.05, 0) is 30.3 Å². The Balaban J connectivity index is 1.34. The number of piperazine rings is 1. The summed E-state index contributed by atoms with van der Waals surface area (Å²) in [5.41, 5.74) is 1.06. The van der Waals surface area contributed by atoms with Crippen LogP contribution in [0.4, 0.5) is 0 Å². The first kappa shape index (κ1) is 21.4. The fraction of sp³-hybridized carbons (Fsp3) is 0.409. The molecule has 2 aromatic carbocycles. The van der Waals surface area contributed by atoms with Crippen molar-refractivity contribution in [3.8, 4) is 11.5 Å². The minimum atomic E-state index is 0.0182. The Morgan fingerprint density at radius 2 is 1.79 bits per heavy atom. The average Bonchev–Trinajstić information content (AvgIpc) is 2.75. The molecule has 2 aromatic rings. The number of benzene rings is 2. The number of nitrogens with zero attached hydrogens (tertiary/aromatic N) is 2. The van der Waals surface area contributed by atoms with Crippen LogP contribution in [0.1, 0.15) is 5.56 Å². The number of halogens is 1. The Morgan fingerprint density at radius 1 is 1.03 bits per heavy atom. The van der Waals surface area contributed by atoms with Gasteiger partial charge in [-0.3, -0.25) is 9.69 Å². The van der Waals surface area contributed by atoms with Crippen LogP contribution in [0.2, 0.25) is 5.02 Å². The monoisotopic (exact) mass is 418 g/mol. The SMILES string of the molecule is COc1ccc(Cl)cc1CN1CCN(C(=O)COCCOc2ccccc2)CC1. The maximum atomic E-state index is 12.3. The maximum absolute atomic E-state index is 12.3. The van der Waals surface area contributed by atoms with Crippen molar-refractivity contribution in [1.82, 2.24) is 9.80 Å². The molecule has 0 saturated carbocycles. The van der Waals surface area contributed by atoms with E-state index < -0.39 is 0 Å². The Kier molecular flexibility index (Phi) is 8.16. The fourth-order valence-corrected chi connectivity index (χ4v) is 3.45. The molecular weight excluding hydrogens is 392 g/mol. The fourth-order valence-electron chi connectivity index (χ4n) is 3.25. The predicted molar refractivity (Wildman–Crippen MR) is 113 cm³/mol. The summed E-state index contributed by atoms with van der Waals surface area (Å²) in [5, 5.41) is 0.697. The minimum Gasteiger partial charge on any atom is -0.496 e. The summed E-state index contributed by atoms with van der Waals surface area (Å²) in [6.45, 7) is 4.62. The highest BCUT2D eigenvalue weighted by Crippen LogP contribution is 2.24. The summed E-state index contributed by atoms with van der Waals surface area (Å²) < 4.78 is 16.4. The van der Waals surface area contributed by atoms with E-state index in [9.17, 15) is 4.79 Å². The van der Waals surface area contributed by atoms with E-state index in [1.807, 2.05) is 53.4 Å². The van der Waals surface area contributed by atoms with E-state index in [0.29, 0.717) is 31.3 Å². The molecular formula is C22H27ClN2O4. The zero-order valence-corrected chi connectivity index (χ0v) is 17.4. The van der Waals surface area contributed by atoms with Crippen LogP contribution in [-0.2, 0) is 16.1 Å². The number of ether oxygens (including phenoxy) is 3. The smallest absolute Gasteiger partial charge is 0.248 e. The lowest BCUT2D eigenvalue weighted by molar-refractivity contribution is -0.138. The van der Waals surface area contributed by atoms with E-state index in [1.54, 1.807) is 7.11 Å². The van der Waals surface area contributed by atoms with Crippen molar-refractivity contribution in [2.24, 2.45) is 0 Å².